The van der Waals surface area contributed by atoms with Crippen LogP contribution >= 0.6 is 11.8 Å². The molecule has 4 aromatic rings. The number of hydrogen-bond donors (Lipinski definition) is 0. The normalized spacial score (nSPS) is 14.7. The van der Waals surface area contributed by atoms with Gasteiger partial charge in [0.25, 0.3) is 5.56 Å². The summed E-state index contributed by atoms with van der Waals surface area (Å²) < 4.78 is 6.88. The molecule has 1 aliphatic rings. The quantitative estimate of drug-likeness (QED) is 0.229. The lowest BCUT2D eigenvalue weighted by Gasteiger charge is -2.35. The Labute approximate surface area is 203 Å². The maximum absolute atomic E-state index is 12.8. The number of fused-ring (bicyclic) bond motifs is 2. The largest absolute Gasteiger partial charge is 0.497 e. The molecule has 0 bridgehead atoms. The molecule has 0 atom stereocenters. The maximum atomic E-state index is 12.8. The number of methoxy groups -OCH3 is 1. The van der Waals surface area contributed by atoms with E-state index in [0.717, 1.165) is 61.4 Å². The number of para-hydroxylation sites is 1. The van der Waals surface area contributed by atoms with Gasteiger partial charge in [0.15, 0.2) is 5.16 Å². The highest BCUT2D eigenvalue weighted by Gasteiger charge is 2.18. The van der Waals surface area contributed by atoms with E-state index in [1.807, 2.05) is 24.3 Å². The van der Waals surface area contributed by atoms with Gasteiger partial charge < -0.3 is 9.64 Å². The number of benzene rings is 2. The van der Waals surface area contributed by atoms with Gasteiger partial charge in [-0.05, 0) is 49.4 Å². The van der Waals surface area contributed by atoms with E-state index < -0.39 is 0 Å². The molecule has 0 amide bonds. The fraction of sp³-hybridized carbons (Fsp3) is 0.346. The molecule has 3 heterocycles. The van der Waals surface area contributed by atoms with E-state index in [-0.39, 0.29) is 5.56 Å². The second-order valence-corrected chi connectivity index (χ2v) is 9.60. The van der Waals surface area contributed by atoms with Crippen molar-refractivity contribution < 1.29 is 4.74 Å². The summed E-state index contributed by atoms with van der Waals surface area (Å²) >= 11 is 1.65. The van der Waals surface area contributed by atoms with Crippen molar-refractivity contribution in [2.75, 3.05) is 50.5 Å². The van der Waals surface area contributed by atoms with Gasteiger partial charge in [-0.2, -0.15) is 0 Å². The Morgan fingerprint density at radius 1 is 0.971 bits per heavy atom. The molecule has 2 aromatic carbocycles. The average molecular weight is 476 g/mol. The Bertz CT molecular complexity index is 1360. The molecule has 1 saturated heterocycles. The minimum Gasteiger partial charge on any atom is -0.497 e. The predicted octanol–water partition coefficient (Wildman–Crippen LogP) is 3.79. The van der Waals surface area contributed by atoms with E-state index in [2.05, 4.69) is 34.1 Å². The summed E-state index contributed by atoms with van der Waals surface area (Å²) in [5.41, 5.74) is 1.73. The average Bonchev–Trinajstić information content (AvgIpc) is 2.89. The van der Waals surface area contributed by atoms with Crippen LogP contribution < -0.4 is 15.2 Å². The number of anilines is 1. The monoisotopic (exact) mass is 475 g/mol. The van der Waals surface area contributed by atoms with Gasteiger partial charge in [0.1, 0.15) is 11.6 Å². The van der Waals surface area contributed by atoms with Crippen molar-refractivity contribution in [3.05, 3.63) is 65.0 Å². The predicted molar refractivity (Wildman–Crippen MR) is 139 cm³/mol. The van der Waals surface area contributed by atoms with Crippen molar-refractivity contribution in [1.82, 2.24) is 19.4 Å². The SMILES string of the molecule is COc1ccc2nc(SCCCN3CCN(c4ccc5ccccc5n4)CC3)n(C)c(=O)c2c1. The van der Waals surface area contributed by atoms with E-state index in [0.29, 0.717) is 16.7 Å². The third kappa shape index (κ3) is 4.74. The number of aromatic nitrogens is 3. The molecule has 1 fully saturated rings. The summed E-state index contributed by atoms with van der Waals surface area (Å²) in [5.74, 6) is 2.66. The van der Waals surface area contributed by atoms with E-state index in [4.69, 9.17) is 14.7 Å². The topological polar surface area (TPSA) is 63.5 Å². The van der Waals surface area contributed by atoms with Gasteiger partial charge in [0.05, 0.1) is 23.5 Å². The zero-order chi connectivity index (χ0) is 23.5. The van der Waals surface area contributed by atoms with Crippen molar-refractivity contribution in [1.29, 1.82) is 0 Å². The molecule has 176 valence electrons. The van der Waals surface area contributed by atoms with Gasteiger partial charge in [-0.1, -0.05) is 30.0 Å². The van der Waals surface area contributed by atoms with Crippen molar-refractivity contribution in [3.8, 4) is 5.75 Å². The molecule has 5 rings (SSSR count). The Hall–Kier alpha value is -3.10. The Balaban J connectivity index is 1.13. The summed E-state index contributed by atoms with van der Waals surface area (Å²) in [6.07, 6.45) is 1.05. The molecule has 0 radical (unpaired) electrons. The molecule has 0 unspecified atom stereocenters. The Morgan fingerprint density at radius 3 is 2.62 bits per heavy atom. The maximum Gasteiger partial charge on any atom is 0.261 e. The third-order valence-corrected chi connectivity index (χ3v) is 7.49. The highest BCUT2D eigenvalue weighted by atomic mass is 32.2. The van der Waals surface area contributed by atoms with Crippen molar-refractivity contribution in [3.63, 3.8) is 0 Å². The van der Waals surface area contributed by atoms with Crippen LogP contribution in [0.15, 0.2) is 64.5 Å². The molecule has 0 aliphatic carbocycles. The van der Waals surface area contributed by atoms with Crippen LogP contribution in [0.3, 0.4) is 0 Å². The van der Waals surface area contributed by atoms with E-state index in [1.54, 1.807) is 36.6 Å². The molecular formula is C26H29N5O2S. The van der Waals surface area contributed by atoms with Crippen LogP contribution in [0.4, 0.5) is 5.82 Å². The molecule has 7 nitrogen and oxygen atoms in total. The van der Waals surface area contributed by atoms with Gasteiger partial charge in [-0.3, -0.25) is 14.3 Å². The number of nitrogens with zero attached hydrogens (tertiary/aromatic N) is 5. The Kier molecular flexibility index (Phi) is 6.69. The zero-order valence-corrected chi connectivity index (χ0v) is 20.4. The summed E-state index contributed by atoms with van der Waals surface area (Å²) in [7, 11) is 3.39. The number of pyridine rings is 1. The van der Waals surface area contributed by atoms with Crippen LogP contribution in [0, 0.1) is 0 Å². The number of rotatable bonds is 7. The first-order valence-corrected chi connectivity index (χ1v) is 12.6. The molecule has 1 aliphatic heterocycles. The molecule has 0 saturated carbocycles. The second-order valence-electron chi connectivity index (χ2n) is 8.53. The number of piperazine rings is 1. The standard InChI is InChI=1S/C26H29N5O2S/c1-29-25(32)21-18-20(33-2)9-10-23(21)28-26(29)34-17-5-12-30-13-15-31(16-14-30)24-11-8-19-6-3-4-7-22(19)27-24/h3-4,6-11,18H,5,12-17H2,1-2H3. The number of thioether (sulfide) groups is 1. The molecule has 0 N–H and O–H groups in total. The van der Waals surface area contributed by atoms with Crippen LogP contribution in [0.5, 0.6) is 5.75 Å². The van der Waals surface area contributed by atoms with Gasteiger partial charge in [0.2, 0.25) is 0 Å². The van der Waals surface area contributed by atoms with Gasteiger partial charge in [-0.25, -0.2) is 9.97 Å². The lowest BCUT2D eigenvalue weighted by molar-refractivity contribution is 0.258. The van der Waals surface area contributed by atoms with E-state index in [9.17, 15) is 4.79 Å². The van der Waals surface area contributed by atoms with Crippen LogP contribution in [-0.4, -0.2) is 65.0 Å². The summed E-state index contributed by atoms with van der Waals surface area (Å²) in [6.45, 7) is 5.09. The van der Waals surface area contributed by atoms with Crippen molar-refractivity contribution >= 4 is 39.4 Å². The minimum atomic E-state index is -0.0372. The highest BCUT2D eigenvalue weighted by Crippen LogP contribution is 2.22. The lowest BCUT2D eigenvalue weighted by Crippen LogP contribution is -2.47. The fourth-order valence-electron chi connectivity index (χ4n) is 4.37. The van der Waals surface area contributed by atoms with Crippen molar-refractivity contribution in [2.24, 2.45) is 7.05 Å². The molecule has 34 heavy (non-hydrogen) atoms. The number of ether oxygens (including phenoxy) is 1. The molecular weight excluding hydrogens is 446 g/mol. The van der Waals surface area contributed by atoms with Gasteiger partial charge >= 0.3 is 0 Å². The lowest BCUT2D eigenvalue weighted by atomic mass is 10.2. The van der Waals surface area contributed by atoms with Crippen LogP contribution in [0.25, 0.3) is 21.8 Å². The summed E-state index contributed by atoms with van der Waals surface area (Å²) in [5, 5.41) is 2.53. The molecule has 0 spiro atoms. The smallest absolute Gasteiger partial charge is 0.261 e. The van der Waals surface area contributed by atoms with Crippen LogP contribution in [-0.2, 0) is 7.05 Å². The summed E-state index contributed by atoms with van der Waals surface area (Å²) in [4.78, 5) is 27.2. The van der Waals surface area contributed by atoms with E-state index >= 15 is 0 Å². The first-order chi connectivity index (χ1) is 16.6. The van der Waals surface area contributed by atoms with E-state index in [1.165, 1.54) is 5.39 Å². The molecule has 8 heteroatoms. The summed E-state index contributed by atoms with van der Waals surface area (Å²) in [6, 6.07) is 18.0. The first kappa shape index (κ1) is 22.7. The van der Waals surface area contributed by atoms with Gasteiger partial charge in [0, 0.05) is 44.4 Å². The second kappa shape index (κ2) is 10.0. The van der Waals surface area contributed by atoms with Crippen LogP contribution in [0.1, 0.15) is 6.42 Å². The van der Waals surface area contributed by atoms with Crippen LogP contribution in [0.2, 0.25) is 0 Å². The van der Waals surface area contributed by atoms with Crippen molar-refractivity contribution in [2.45, 2.75) is 11.6 Å². The Morgan fingerprint density at radius 2 is 1.79 bits per heavy atom. The number of hydrogen-bond acceptors (Lipinski definition) is 7. The van der Waals surface area contributed by atoms with Gasteiger partial charge in [-0.15, -0.1) is 0 Å². The first-order valence-electron chi connectivity index (χ1n) is 11.6. The zero-order valence-electron chi connectivity index (χ0n) is 19.6. The highest BCUT2D eigenvalue weighted by molar-refractivity contribution is 7.99. The minimum absolute atomic E-state index is 0.0372. The third-order valence-electron chi connectivity index (χ3n) is 6.37. The fourth-order valence-corrected chi connectivity index (χ4v) is 5.26. The molecule has 2 aromatic heterocycles.